The lowest BCUT2D eigenvalue weighted by Crippen LogP contribution is -2.52. The zero-order valence-electron chi connectivity index (χ0n) is 11.6. The number of carbonyl (C=O) groups is 2. The highest BCUT2D eigenvalue weighted by Gasteiger charge is 2.29. The van der Waals surface area contributed by atoms with E-state index >= 15 is 0 Å². The van der Waals surface area contributed by atoms with Gasteiger partial charge in [0.05, 0.1) is 6.04 Å². The first-order valence-electron chi connectivity index (χ1n) is 6.01. The number of hydrogen-bond acceptors (Lipinski definition) is 3. The number of rotatable bonds is 4. The van der Waals surface area contributed by atoms with Gasteiger partial charge in [-0.05, 0) is 27.7 Å². The number of urea groups is 1. The minimum absolute atomic E-state index is 0.318. The molecule has 1 rings (SSSR count). The molecule has 7 heteroatoms. The Morgan fingerprint density at radius 1 is 1.53 bits per heavy atom. The predicted molar refractivity (Wildman–Crippen MR) is 69.6 cm³/mol. The standard InChI is InChI=1S/C12H20N4O3/c1-8(10-13-5-6-14-10)15-11(19)16(7-9(17)18)12(2,3)4/h5-6,8H,7H2,1-4H3,(H,13,14)(H,15,19)(H,17,18). The molecule has 1 aromatic heterocycles. The third kappa shape index (κ3) is 4.27. The van der Waals surface area contributed by atoms with Crippen molar-refractivity contribution in [2.24, 2.45) is 0 Å². The van der Waals surface area contributed by atoms with Crippen molar-refractivity contribution in [2.45, 2.75) is 39.3 Å². The molecule has 3 N–H and O–H groups in total. The van der Waals surface area contributed by atoms with Gasteiger partial charge in [0.2, 0.25) is 0 Å². The van der Waals surface area contributed by atoms with E-state index in [9.17, 15) is 9.59 Å². The van der Waals surface area contributed by atoms with E-state index in [0.717, 1.165) is 0 Å². The number of hydrogen-bond donors (Lipinski definition) is 3. The second kappa shape index (κ2) is 5.73. The lowest BCUT2D eigenvalue weighted by Gasteiger charge is -2.35. The largest absolute Gasteiger partial charge is 0.480 e. The summed E-state index contributed by atoms with van der Waals surface area (Å²) in [4.78, 5) is 31.2. The van der Waals surface area contributed by atoms with Gasteiger partial charge in [0.1, 0.15) is 12.4 Å². The molecule has 19 heavy (non-hydrogen) atoms. The monoisotopic (exact) mass is 268 g/mol. The summed E-state index contributed by atoms with van der Waals surface area (Å²) in [6.45, 7) is 6.78. The highest BCUT2D eigenvalue weighted by Crippen LogP contribution is 2.15. The second-order valence-corrected chi connectivity index (χ2v) is 5.30. The van der Waals surface area contributed by atoms with E-state index in [1.165, 1.54) is 4.90 Å². The maximum absolute atomic E-state index is 12.1. The molecule has 0 fully saturated rings. The third-order valence-corrected chi connectivity index (χ3v) is 2.62. The summed E-state index contributed by atoms with van der Waals surface area (Å²) in [5.74, 6) is -0.423. The normalized spacial score (nSPS) is 12.8. The van der Waals surface area contributed by atoms with Crippen molar-refractivity contribution in [3.05, 3.63) is 18.2 Å². The number of carboxylic acid groups (broad SMARTS) is 1. The van der Waals surface area contributed by atoms with Crippen LogP contribution in [0.3, 0.4) is 0 Å². The van der Waals surface area contributed by atoms with E-state index in [1.807, 2.05) is 0 Å². The molecule has 1 heterocycles. The maximum Gasteiger partial charge on any atom is 0.323 e. The van der Waals surface area contributed by atoms with Crippen LogP contribution in [0.25, 0.3) is 0 Å². The first kappa shape index (κ1) is 15.0. The minimum atomic E-state index is -1.05. The zero-order chi connectivity index (χ0) is 14.6. The van der Waals surface area contributed by atoms with Crippen molar-refractivity contribution in [1.82, 2.24) is 20.2 Å². The van der Waals surface area contributed by atoms with E-state index in [0.29, 0.717) is 5.82 Å². The van der Waals surface area contributed by atoms with Crippen LogP contribution in [0.1, 0.15) is 39.6 Å². The van der Waals surface area contributed by atoms with Gasteiger partial charge in [-0.15, -0.1) is 0 Å². The summed E-state index contributed by atoms with van der Waals surface area (Å²) in [6, 6.07) is -0.750. The van der Waals surface area contributed by atoms with Crippen molar-refractivity contribution in [3.63, 3.8) is 0 Å². The molecule has 1 atom stereocenters. The SMILES string of the molecule is CC(NC(=O)N(CC(=O)O)C(C)(C)C)c1ncc[nH]1. The Morgan fingerprint density at radius 2 is 2.16 bits per heavy atom. The number of carboxylic acids is 1. The van der Waals surface area contributed by atoms with Gasteiger partial charge in [-0.1, -0.05) is 0 Å². The van der Waals surface area contributed by atoms with E-state index < -0.39 is 17.5 Å². The summed E-state index contributed by atoms with van der Waals surface area (Å²) in [5, 5.41) is 11.6. The fourth-order valence-electron chi connectivity index (χ4n) is 1.59. The Bertz CT molecular complexity index is 436. The molecule has 7 nitrogen and oxygen atoms in total. The molecule has 1 unspecified atom stereocenters. The highest BCUT2D eigenvalue weighted by atomic mass is 16.4. The second-order valence-electron chi connectivity index (χ2n) is 5.30. The van der Waals surface area contributed by atoms with Crippen molar-refractivity contribution in [3.8, 4) is 0 Å². The summed E-state index contributed by atoms with van der Waals surface area (Å²) in [7, 11) is 0. The van der Waals surface area contributed by atoms with E-state index in [2.05, 4.69) is 15.3 Å². The molecule has 0 aromatic carbocycles. The molecule has 0 bridgehead atoms. The lowest BCUT2D eigenvalue weighted by molar-refractivity contribution is -0.138. The first-order valence-corrected chi connectivity index (χ1v) is 6.01. The van der Waals surface area contributed by atoms with Gasteiger partial charge >= 0.3 is 12.0 Å². The molecular weight excluding hydrogens is 248 g/mol. The Morgan fingerprint density at radius 3 is 2.58 bits per heavy atom. The van der Waals surface area contributed by atoms with Gasteiger partial charge in [0.15, 0.2) is 0 Å². The van der Waals surface area contributed by atoms with E-state index in [4.69, 9.17) is 5.11 Å². The van der Waals surface area contributed by atoms with Crippen LogP contribution >= 0.6 is 0 Å². The number of H-pyrrole nitrogens is 1. The molecule has 106 valence electrons. The Kier molecular flexibility index (Phi) is 4.52. The minimum Gasteiger partial charge on any atom is -0.480 e. The van der Waals surface area contributed by atoms with Crippen LogP contribution in [-0.4, -0.2) is 44.1 Å². The van der Waals surface area contributed by atoms with Gasteiger partial charge in [-0.3, -0.25) is 4.79 Å². The van der Waals surface area contributed by atoms with Crippen LogP contribution in [0.2, 0.25) is 0 Å². The fraction of sp³-hybridized carbons (Fsp3) is 0.583. The maximum atomic E-state index is 12.1. The highest BCUT2D eigenvalue weighted by molar-refractivity contribution is 5.81. The van der Waals surface area contributed by atoms with Gasteiger partial charge in [0, 0.05) is 17.9 Å². The zero-order valence-corrected chi connectivity index (χ0v) is 11.6. The van der Waals surface area contributed by atoms with Gasteiger partial charge in [-0.25, -0.2) is 9.78 Å². The number of aromatic nitrogens is 2. The number of amides is 2. The van der Waals surface area contributed by atoms with Crippen molar-refractivity contribution in [2.75, 3.05) is 6.54 Å². The topological polar surface area (TPSA) is 98.3 Å². The average Bonchev–Trinajstić information content (AvgIpc) is 2.77. The molecule has 0 saturated heterocycles. The number of aliphatic carboxylic acids is 1. The Labute approximate surface area is 112 Å². The molecule has 0 aliphatic rings. The Hall–Kier alpha value is -2.05. The molecule has 2 amide bonds. The van der Waals surface area contributed by atoms with Crippen molar-refractivity contribution >= 4 is 12.0 Å². The molecule has 0 aliphatic heterocycles. The van der Waals surface area contributed by atoms with Crippen LogP contribution in [0.15, 0.2) is 12.4 Å². The first-order chi connectivity index (χ1) is 8.71. The smallest absolute Gasteiger partial charge is 0.323 e. The van der Waals surface area contributed by atoms with E-state index in [1.54, 1.807) is 40.1 Å². The molecule has 0 radical (unpaired) electrons. The lowest BCUT2D eigenvalue weighted by atomic mass is 10.1. The van der Waals surface area contributed by atoms with Crippen LogP contribution in [0, 0.1) is 0 Å². The van der Waals surface area contributed by atoms with Crippen LogP contribution in [-0.2, 0) is 4.79 Å². The molecule has 0 aliphatic carbocycles. The Balaban J connectivity index is 2.75. The third-order valence-electron chi connectivity index (χ3n) is 2.62. The molecule has 0 saturated carbocycles. The van der Waals surface area contributed by atoms with Crippen LogP contribution < -0.4 is 5.32 Å². The predicted octanol–water partition coefficient (Wildman–Crippen LogP) is 1.37. The quantitative estimate of drug-likeness (QED) is 0.768. The number of carbonyl (C=O) groups excluding carboxylic acids is 1. The number of aromatic amines is 1. The fourth-order valence-corrected chi connectivity index (χ4v) is 1.59. The summed E-state index contributed by atoms with van der Waals surface area (Å²) >= 11 is 0. The summed E-state index contributed by atoms with van der Waals surface area (Å²) in [5.41, 5.74) is -0.578. The van der Waals surface area contributed by atoms with Gasteiger partial charge in [0.25, 0.3) is 0 Å². The summed E-state index contributed by atoms with van der Waals surface area (Å²) in [6.07, 6.45) is 3.26. The van der Waals surface area contributed by atoms with Gasteiger partial charge in [-0.2, -0.15) is 0 Å². The van der Waals surface area contributed by atoms with E-state index in [-0.39, 0.29) is 12.6 Å². The molecular formula is C12H20N4O3. The van der Waals surface area contributed by atoms with Crippen molar-refractivity contribution < 1.29 is 14.7 Å². The number of nitrogens with one attached hydrogen (secondary N) is 2. The average molecular weight is 268 g/mol. The molecule has 0 spiro atoms. The number of imidazole rings is 1. The number of nitrogens with zero attached hydrogens (tertiary/aromatic N) is 2. The van der Waals surface area contributed by atoms with Crippen LogP contribution in [0.5, 0.6) is 0 Å². The summed E-state index contributed by atoms with van der Waals surface area (Å²) < 4.78 is 0. The van der Waals surface area contributed by atoms with Crippen molar-refractivity contribution in [1.29, 1.82) is 0 Å². The van der Waals surface area contributed by atoms with Gasteiger partial charge < -0.3 is 20.3 Å². The molecule has 1 aromatic rings. The van der Waals surface area contributed by atoms with Crippen LogP contribution in [0.4, 0.5) is 4.79 Å².